The van der Waals surface area contributed by atoms with Gasteiger partial charge in [-0.15, -0.1) is 0 Å². The van der Waals surface area contributed by atoms with Gasteiger partial charge < -0.3 is 10.6 Å². The summed E-state index contributed by atoms with van der Waals surface area (Å²) < 4.78 is 39.2. The topological polar surface area (TPSA) is 71.1 Å². The van der Waals surface area contributed by atoms with Crippen LogP contribution in [0.5, 0.6) is 0 Å². The second-order valence-corrected chi connectivity index (χ2v) is 6.85. The molecular weight excluding hydrogens is 383 g/mol. The number of carbonyl (C=O) groups is 2. The second-order valence-electron chi connectivity index (χ2n) is 6.85. The van der Waals surface area contributed by atoms with Gasteiger partial charge in [0.1, 0.15) is 0 Å². The van der Waals surface area contributed by atoms with Gasteiger partial charge in [-0.1, -0.05) is 30.3 Å². The summed E-state index contributed by atoms with van der Waals surface area (Å²) in [6.45, 7) is 0. The van der Waals surface area contributed by atoms with E-state index in [2.05, 4.69) is 15.6 Å². The molecule has 2 amide bonds. The Morgan fingerprint density at radius 1 is 0.862 bits per heavy atom. The normalized spacial score (nSPS) is 18.3. The molecule has 1 saturated carbocycles. The number of carbonyl (C=O) groups excluding carboxylic acids is 2. The number of nitrogens with zero attached hydrogens (tertiary/aromatic N) is 1. The molecular formula is C21H16F3N3O2. The highest BCUT2D eigenvalue weighted by Crippen LogP contribution is 2.41. The molecule has 148 valence electrons. The van der Waals surface area contributed by atoms with Crippen molar-refractivity contribution in [3.05, 3.63) is 66.4 Å². The Morgan fingerprint density at radius 3 is 2.21 bits per heavy atom. The van der Waals surface area contributed by atoms with Gasteiger partial charge in [0.25, 0.3) is 0 Å². The monoisotopic (exact) mass is 399 g/mol. The molecule has 0 radical (unpaired) electrons. The zero-order valence-corrected chi connectivity index (χ0v) is 15.0. The number of halogens is 3. The van der Waals surface area contributed by atoms with Crippen LogP contribution in [0.1, 0.15) is 12.0 Å². The minimum Gasteiger partial charge on any atom is -0.325 e. The quantitative estimate of drug-likeness (QED) is 0.680. The van der Waals surface area contributed by atoms with E-state index in [0.29, 0.717) is 11.2 Å². The molecule has 0 spiro atoms. The van der Waals surface area contributed by atoms with Crippen LogP contribution in [0.15, 0.2) is 60.8 Å². The maximum Gasteiger partial charge on any atom is 0.418 e. The average molecular weight is 399 g/mol. The van der Waals surface area contributed by atoms with Crippen LogP contribution in [0.3, 0.4) is 0 Å². The van der Waals surface area contributed by atoms with Gasteiger partial charge >= 0.3 is 6.18 Å². The van der Waals surface area contributed by atoms with E-state index in [9.17, 15) is 22.8 Å². The number of pyridine rings is 1. The number of rotatable bonds is 4. The first-order chi connectivity index (χ1) is 13.8. The number of nitrogens with one attached hydrogen (secondary N) is 2. The predicted molar refractivity (Wildman–Crippen MR) is 102 cm³/mol. The Balaban J connectivity index is 1.43. The first-order valence-electron chi connectivity index (χ1n) is 8.96. The third-order valence-electron chi connectivity index (χ3n) is 4.84. The number of alkyl halides is 3. The van der Waals surface area contributed by atoms with E-state index in [0.717, 1.165) is 11.5 Å². The van der Waals surface area contributed by atoms with Crippen LogP contribution in [-0.2, 0) is 15.8 Å². The van der Waals surface area contributed by atoms with E-state index >= 15 is 0 Å². The van der Waals surface area contributed by atoms with Crippen molar-refractivity contribution in [3.8, 4) is 0 Å². The van der Waals surface area contributed by atoms with Crippen molar-refractivity contribution in [3.63, 3.8) is 0 Å². The third kappa shape index (κ3) is 3.91. The van der Waals surface area contributed by atoms with Gasteiger partial charge in [-0.2, -0.15) is 13.2 Å². The van der Waals surface area contributed by atoms with E-state index in [4.69, 9.17) is 0 Å². The van der Waals surface area contributed by atoms with Crippen LogP contribution in [0.2, 0.25) is 0 Å². The van der Waals surface area contributed by atoms with Crippen LogP contribution < -0.4 is 10.6 Å². The van der Waals surface area contributed by atoms with Gasteiger partial charge in [-0.25, -0.2) is 0 Å². The van der Waals surface area contributed by atoms with Gasteiger partial charge in [0.15, 0.2) is 0 Å². The smallest absolute Gasteiger partial charge is 0.325 e. The summed E-state index contributed by atoms with van der Waals surface area (Å²) in [5.41, 5.74) is -0.0724. The van der Waals surface area contributed by atoms with Gasteiger partial charge in [0, 0.05) is 11.6 Å². The maximum absolute atomic E-state index is 13.1. The molecule has 1 fully saturated rings. The number of fused-ring (bicyclic) bond motifs is 1. The Kier molecular flexibility index (Phi) is 4.70. The van der Waals surface area contributed by atoms with Crippen LogP contribution in [0.4, 0.5) is 24.5 Å². The fourth-order valence-electron chi connectivity index (χ4n) is 3.27. The predicted octanol–water partition coefficient (Wildman–Crippen LogP) is 4.47. The number of aromatic nitrogens is 1. The second kappa shape index (κ2) is 7.20. The zero-order chi connectivity index (χ0) is 20.6. The first kappa shape index (κ1) is 18.9. The van der Waals surface area contributed by atoms with Gasteiger partial charge in [0.2, 0.25) is 11.8 Å². The van der Waals surface area contributed by atoms with E-state index in [1.165, 1.54) is 18.2 Å². The summed E-state index contributed by atoms with van der Waals surface area (Å²) in [6, 6.07) is 13.8. The van der Waals surface area contributed by atoms with Gasteiger partial charge in [-0.05, 0) is 30.7 Å². The van der Waals surface area contributed by atoms with Gasteiger partial charge in [0.05, 0.1) is 34.3 Å². The summed E-state index contributed by atoms with van der Waals surface area (Å²) >= 11 is 0. The summed E-state index contributed by atoms with van der Waals surface area (Å²) in [5.74, 6) is -2.21. The lowest BCUT2D eigenvalue weighted by molar-refractivity contribution is -0.137. The number of amides is 2. The van der Waals surface area contributed by atoms with Crippen LogP contribution >= 0.6 is 0 Å². The first-order valence-corrected chi connectivity index (χ1v) is 8.96. The molecule has 1 heterocycles. The van der Waals surface area contributed by atoms with E-state index in [-0.39, 0.29) is 18.0 Å². The standard InChI is InChI=1S/C21H16F3N3O2/c22-21(23,24)15-7-1-2-8-16(15)26-19(28)13-11-14(13)20(29)27-17-9-3-5-12-6-4-10-25-18(12)17/h1-10,13-14H,11H2,(H,26,28)(H,27,29). The molecule has 29 heavy (non-hydrogen) atoms. The zero-order valence-electron chi connectivity index (χ0n) is 15.0. The van der Waals surface area contributed by atoms with Crippen LogP contribution in [0.25, 0.3) is 10.9 Å². The fourth-order valence-corrected chi connectivity index (χ4v) is 3.27. The fraction of sp³-hybridized carbons (Fsp3) is 0.190. The largest absolute Gasteiger partial charge is 0.418 e. The molecule has 1 aromatic heterocycles. The Hall–Kier alpha value is -3.42. The highest BCUT2D eigenvalue weighted by molar-refractivity contribution is 6.06. The summed E-state index contributed by atoms with van der Waals surface area (Å²) in [7, 11) is 0. The van der Waals surface area contributed by atoms with Crippen molar-refractivity contribution >= 4 is 34.1 Å². The minimum absolute atomic E-state index is 0.282. The number of para-hydroxylation sites is 2. The van der Waals surface area contributed by atoms with Gasteiger partial charge in [-0.3, -0.25) is 14.6 Å². The molecule has 0 bridgehead atoms. The van der Waals surface area contributed by atoms with E-state index in [1.54, 1.807) is 24.4 Å². The van der Waals surface area contributed by atoms with Crippen LogP contribution in [-0.4, -0.2) is 16.8 Å². The van der Waals surface area contributed by atoms with Crippen molar-refractivity contribution in [1.82, 2.24) is 4.98 Å². The lowest BCUT2D eigenvalue weighted by atomic mass is 10.1. The number of benzene rings is 2. The molecule has 1 aliphatic carbocycles. The molecule has 4 rings (SSSR count). The van der Waals surface area contributed by atoms with Crippen molar-refractivity contribution in [2.45, 2.75) is 12.6 Å². The molecule has 0 saturated heterocycles. The molecule has 0 aliphatic heterocycles. The minimum atomic E-state index is -4.58. The summed E-state index contributed by atoms with van der Waals surface area (Å²) in [5, 5.41) is 5.94. The van der Waals surface area contributed by atoms with E-state index < -0.39 is 29.5 Å². The molecule has 2 atom stereocenters. The van der Waals surface area contributed by atoms with Crippen molar-refractivity contribution in [1.29, 1.82) is 0 Å². The van der Waals surface area contributed by atoms with Crippen molar-refractivity contribution in [2.75, 3.05) is 10.6 Å². The lowest BCUT2D eigenvalue weighted by Crippen LogP contribution is -2.22. The maximum atomic E-state index is 13.1. The van der Waals surface area contributed by atoms with E-state index in [1.807, 2.05) is 12.1 Å². The summed E-state index contributed by atoms with van der Waals surface area (Å²) in [6.07, 6.45) is -2.68. The van der Waals surface area contributed by atoms with Crippen LogP contribution in [0, 0.1) is 11.8 Å². The average Bonchev–Trinajstić information content (AvgIpc) is 3.49. The number of hydrogen-bond donors (Lipinski definition) is 2. The number of hydrogen-bond acceptors (Lipinski definition) is 3. The lowest BCUT2D eigenvalue weighted by Gasteiger charge is -2.13. The SMILES string of the molecule is O=C(Nc1ccccc1C(F)(F)F)C1CC1C(=O)Nc1cccc2cccnc12. The highest BCUT2D eigenvalue weighted by atomic mass is 19.4. The highest BCUT2D eigenvalue weighted by Gasteiger charge is 2.48. The summed E-state index contributed by atoms with van der Waals surface area (Å²) in [4.78, 5) is 29.1. The Bertz CT molecular complexity index is 1090. The third-order valence-corrected chi connectivity index (χ3v) is 4.84. The van der Waals surface area contributed by atoms with Crippen molar-refractivity contribution < 1.29 is 22.8 Å². The molecule has 2 aromatic carbocycles. The molecule has 1 aliphatic rings. The molecule has 2 unspecified atom stereocenters. The molecule has 2 N–H and O–H groups in total. The number of anilines is 2. The molecule has 8 heteroatoms. The molecule has 5 nitrogen and oxygen atoms in total. The Labute approximate surface area is 163 Å². The molecule has 3 aromatic rings. The Morgan fingerprint density at radius 2 is 1.48 bits per heavy atom. The van der Waals surface area contributed by atoms with Crippen molar-refractivity contribution in [2.24, 2.45) is 11.8 Å².